The average Bonchev–Trinajstić information content (AvgIpc) is 3.41. The van der Waals surface area contributed by atoms with Crippen LogP contribution in [0.3, 0.4) is 0 Å². The first-order valence-electron chi connectivity index (χ1n) is 13.1. The van der Waals surface area contributed by atoms with Crippen LogP contribution in [-0.2, 0) is 6.54 Å². The highest BCUT2D eigenvalue weighted by molar-refractivity contribution is 6.05. The van der Waals surface area contributed by atoms with E-state index in [1.165, 1.54) is 0 Å². The number of nitrogens with two attached hydrogens (primary N) is 1. The van der Waals surface area contributed by atoms with Gasteiger partial charge in [0.15, 0.2) is 11.5 Å². The molecule has 0 bridgehead atoms. The van der Waals surface area contributed by atoms with Crippen LogP contribution in [0, 0.1) is 0 Å². The van der Waals surface area contributed by atoms with Gasteiger partial charge in [0.1, 0.15) is 0 Å². The highest BCUT2D eigenvalue weighted by Gasteiger charge is 2.20. The molecule has 204 valence electrons. The summed E-state index contributed by atoms with van der Waals surface area (Å²) in [6.07, 6.45) is 0. The van der Waals surface area contributed by atoms with Gasteiger partial charge in [-0.15, -0.1) is 0 Å². The number of benzene rings is 3. The third-order valence-electron chi connectivity index (χ3n) is 6.99. The van der Waals surface area contributed by atoms with Crippen molar-refractivity contribution in [1.29, 1.82) is 0 Å². The molecule has 0 spiro atoms. The maximum absolute atomic E-state index is 13.4. The molecule has 39 heavy (non-hydrogen) atoms. The number of carbonyl (C=O) groups excluding carboxylic acids is 2. The molecule has 10 nitrogen and oxygen atoms in total. The molecule has 0 unspecified atom stereocenters. The van der Waals surface area contributed by atoms with Gasteiger partial charge in [-0.05, 0) is 49.0 Å². The quantitative estimate of drug-likeness (QED) is 0.382. The van der Waals surface area contributed by atoms with Gasteiger partial charge in [-0.1, -0.05) is 24.3 Å². The molecule has 1 saturated heterocycles. The van der Waals surface area contributed by atoms with Crippen molar-refractivity contribution < 1.29 is 19.1 Å². The van der Waals surface area contributed by atoms with E-state index in [1.807, 2.05) is 24.3 Å². The van der Waals surface area contributed by atoms with Gasteiger partial charge in [0, 0.05) is 63.1 Å². The first-order valence-corrected chi connectivity index (χ1v) is 13.1. The molecule has 2 aliphatic heterocycles. The number of nitrogens with one attached hydrogen (secondary N) is 2. The van der Waals surface area contributed by atoms with Gasteiger partial charge in [0.25, 0.3) is 5.91 Å². The topological polar surface area (TPSA) is 112 Å². The summed E-state index contributed by atoms with van der Waals surface area (Å²) < 4.78 is 10.8. The van der Waals surface area contributed by atoms with E-state index in [0.717, 1.165) is 38.3 Å². The average molecular weight is 531 g/mol. The van der Waals surface area contributed by atoms with Crippen LogP contribution < -0.4 is 25.8 Å². The SMILES string of the molecule is CN1CCN(CCN(Cc2ccc(C(=O)Nc3ccccc3N)cc2)C(=O)Nc2ccc3c(c2)OCO3)CC1. The second kappa shape index (κ2) is 12.1. The van der Waals surface area contributed by atoms with Crippen molar-refractivity contribution in [2.75, 3.05) is 69.5 Å². The molecular weight excluding hydrogens is 496 g/mol. The lowest BCUT2D eigenvalue weighted by molar-refractivity contribution is 0.102. The number of piperazine rings is 1. The Bertz CT molecular complexity index is 1310. The van der Waals surface area contributed by atoms with Crippen LogP contribution in [0.5, 0.6) is 11.5 Å². The number of nitrogens with zero attached hydrogens (tertiary/aromatic N) is 3. The monoisotopic (exact) mass is 530 g/mol. The van der Waals surface area contributed by atoms with Gasteiger partial charge in [-0.3, -0.25) is 9.69 Å². The highest BCUT2D eigenvalue weighted by atomic mass is 16.7. The third kappa shape index (κ3) is 6.78. The lowest BCUT2D eigenvalue weighted by atomic mass is 10.1. The normalized spacial score (nSPS) is 15.1. The second-order valence-electron chi connectivity index (χ2n) is 9.80. The van der Waals surface area contributed by atoms with Crippen molar-refractivity contribution in [3.8, 4) is 11.5 Å². The number of anilines is 3. The minimum atomic E-state index is -0.244. The molecule has 0 saturated carbocycles. The van der Waals surface area contributed by atoms with E-state index in [4.69, 9.17) is 15.2 Å². The van der Waals surface area contributed by atoms with Crippen LogP contribution in [0.2, 0.25) is 0 Å². The fourth-order valence-corrected chi connectivity index (χ4v) is 4.55. The molecule has 1 fully saturated rings. The number of rotatable bonds is 8. The minimum absolute atomic E-state index is 0.177. The Morgan fingerprint density at radius 2 is 1.67 bits per heavy atom. The molecule has 0 atom stereocenters. The number of urea groups is 1. The number of fused-ring (bicyclic) bond motifs is 1. The van der Waals surface area contributed by atoms with Crippen molar-refractivity contribution in [2.24, 2.45) is 0 Å². The Kier molecular flexibility index (Phi) is 8.14. The summed E-state index contributed by atoms with van der Waals surface area (Å²) in [5.74, 6) is 1.04. The van der Waals surface area contributed by atoms with Gasteiger partial charge in [-0.2, -0.15) is 0 Å². The number of hydrogen-bond acceptors (Lipinski definition) is 7. The van der Waals surface area contributed by atoms with Crippen LogP contribution in [0.1, 0.15) is 15.9 Å². The number of hydrogen-bond donors (Lipinski definition) is 3. The van der Waals surface area contributed by atoms with E-state index in [2.05, 4.69) is 27.5 Å². The van der Waals surface area contributed by atoms with E-state index < -0.39 is 0 Å². The summed E-state index contributed by atoms with van der Waals surface area (Å²) >= 11 is 0. The zero-order valence-corrected chi connectivity index (χ0v) is 22.1. The number of para-hydroxylation sites is 2. The maximum Gasteiger partial charge on any atom is 0.322 e. The molecular formula is C29H34N6O4. The summed E-state index contributed by atoms with van der Waals surface area (Å²) in [6.45, 7) is 5.90. The minimum Gasteiger partial charge on any atom is -0.454 e. The zero-order chi connectivity index (χ0) is 27.2. The van der Waals surface area contributed by atoms with Gasteiger partial charge in [-0.25, -0.2) is 4.79 Å². The lowest BCUT2D eigenvalue weighted by Gasteiger charge is -2.34. The van der Waals surface area contributed by atoms with Crippen molar-refractivity contribution >= 4 is 29.0 Å². The fraction of sp³-hybridized carbons (Fsp3) is 0.310. The first-order chi connectivity index (χ1) is 18.9. The first kappa shape index (κ1) is 26.3. The standard InChI is InChI=1S/C29H34N6O4/c1-33-12-14-34(15-13-33)16-17-35(29(37)31-23-10-11-26-27(18-23)39-20-38-26)19-21-6-8-22(9-7-21)28(36)32-25-5-3-2-4-24(25)30/h2-11,18H,12-17,19-20,30H2,1H3,(H,31,37)(H,32,36). The van der Waals surface area contributed by atoms with E-state index in [1.54, 1.807) is 47.4 Å². The van der Waals surface area contributed by atoms with E-state index >= 15 is 0 Å². The van der Waals surface area contributed by atoms with Crippen molar-refractivity contribution in [2.45, 2.75) is 6.54 Å². The van der Waals surface area contributed by atoms with Crippen LogP contribution in [0.25, 0.3) is 0 Å². The Labute approximate surface area is 228 Å². The zero-order valence-electron chi connectivity index (χ0n) is 22.1. The number of nitrogen functional groups attached to an aromatic ring is 1. The maximum atomic E-state index is 13.4. The molecule has 5 rings (SSSR count). The molecule has 4 N–H and O–H groups in total. The molecule has 0 aliphatic carbocycles. The number of ether oxygens (including phenoxy) is 2. The summed E-state index contributed by atoms with van der Waals surface area (Å²) in [7, 11) is 2.13. The molecule has 0 radical (unpaired) electrons. The Hall–Kier alpha value is -4.28. The molecule has 2 heterocycles. The molecule has 0 aromatic heterocycles. The third-order valence-corrected chi connectivity index (χ3v) is 6.99. The van der Waals surface area contributed by atoms with Crippen molar-refractivity contribution in [3.63, 3.8) is 0 Å². The Balaban J connectivity index is 1.25. The summed E-state index contributed by atoms with van der Waals surface area (Å²) in [6, 6.07) is 19.6. The van der Waals surface area contributed by atoms with E-state index in [-0.39, 0.29) is 18.7 Å². The van der Waals surface area contributed by atoms with Gasteiger partial charge >= 0.3 is 6.03 Å². The lowest BCUT2D eigenvalue weighted by Crippen LogP contribution is -2.48. The molecule has 10 heteroatoms. The largest absolute Gasteiger partial charge is 0.454 e. The predicted molar refractivity (Wildman–Crippen MR) is 151 cm³/mol. The van der Waals surface area contributed by atoms with Crippen LogP contribution in [0.4, 0.5) is 21.9 Å². The van der Waals surface area contributed by atoms with E-state index in [0.29, 0.717) is 47.2 Å². The number of likely N-dealkylation sites (N-methyl/N-ethyl adjacent to an activating group) is 1. The Morgan fingerprint density at radius 3 is 2.44 bits per heavy atom. The summed E-state index contributed by atoms with van der Waals surface area (Å²) in [5, 5.41) is 5.84. The van der Waals surface area contributed by atoms with Crippen LogP contribution in [-0.4, -0.2) is 79.7 Å². The molecule has 3 aromatic rings. The van der Waals surface area contributed by atoms with Crippen molar-refractivity contribution in [3.05, 3.63) is 77.9 Å². The van der Waals surface area contributed by atoms with Gasteiger partial charge < -0.3 is 35.6 Å². The van der Waals surface area contributed by atoms with Gasteiger partial charge in [0.2, 0.25) is 6.79 Å². The van der Waals surface area contributed by atoms with Gasteiger partial charge in [0.05, 0.1) is 11.4 Å². The van der Waals surface area contributed by atoms with Crippen molar-refractivity contribution in [1.82, 2.24) is 14.7 Å². The fourth-order valence-electron chi connectivity index (χ4n) is 4.55. The van der Waals surface area contributed by atoms with E-state index in [9.17, 15) is 9.59 Å². The highest BCUT2D eigenvalue weighted by Crippen LogP contribution is 2.34. The molecule has 2 aliphatic rings. The predicted octanol–water partition coefficient (Wildman–Crippen LogP) is 3.53. The molecule has 3 aromatic carbocycles. The second-order valence-corrected chi connectivity index (χ2v) is 9.80. The summed E-state index contributed by atoms with van der Waals surface area (Å²) in [5.41, 5.74) is 9.10. The molecule has 3 amide bonds. The van der Waals surface area contributed by atoms with Crippen LogP contribution in [0.15, 0.2) is 66.7 Å². The smallest absolute Gasteiger partial charge is 0.322 e. The Morgan fingerprint density at radius 1 is 0.923 bits per heavy atom. The number of carbonyl (C=O) groups is 2. The number of amides is 3. The van der Waals surface area contributed by atoms with Crippen LogP contribution >= 0.6 is 0 Å². The summed E-state index contributed by atoms with van der Waals surface area (Å²) in [4.78, 5) is 32.6.